The van der Waals surface area contributed by atoms with Crippen molar-refractivity contribution in [3.8, 4) is 0 Å². The first kappa shape index (κ1) is 24.8. The van der Waals surface area contributed by atoms with E-state index in [-0.39, 0.29) is 24.2 Å². The van der Waals surface area contributed by atoms with Gasteiger partial charge < -0.3 is 29.6 Å². The summed E-state index contributed by atoms with van der Waals surface area (Å²) < 4.78 is 51.1. The van der Waals surface area contributed by atoms with E-state index >= 15 is 0 Å². The van der Waals surface area contributed by atoms with Crippen LogP contribution in [0.2, 0.25) is 0 Å². The van der Waals surface area contributed by atoms with E-state index in [9.17, 15) is 18.0 Å². The summed E-state index contributed by atoms with van der Waals surface area (Å²) in [7, 11) is 2.07. The molecule has 1 amide bonds. The van der Waals surface area contributed by atoms with Gasteiger partial charge in [0.1, 0.15) is 17.1 Å². The SMILES string of the molecule is Cc1oc(C2CCN(C)CC2)nc1Nc1ncc(C(F)(F)F)c(NCCCN2CC=COC2=O)n1. The molecule has 0 spiro atoms. The Balaban J connectivity index is 1.43. The van der Waals surface area contributed by atoms with E-state index in [1.807, 2.05) is 0 Å². The summed E-state index contributed by atoms with van der Waals surface area (Å²) in [6.07, 6.45) is 0.858. The van der Waals surface area contributed by atoms with Crippen molar-refractivity contribution >= 4 is 23.7 Å². The van der Waals surface area contributed by atoms with E-state index in [1.54, 1.807) is 13.0 Å². The number of likely N-dealkylation sites (tertiary alicyclic amines) is 1. The fraction of sp³-hybridized carbons (Fsp3) is 0.545. The quantitative estimate of drug-likeness (QED) is 0.523. The lowest BCUT2D eigenvalue weighted by atomic mass is 9.97. The van der Waals surface area contributed by atoms with Gasteiger partial charge >= 0.3 is 12.3 Å². The Bertz CT molecular complexity index is 1070. The van der Waals surface area contributed by atoms with Crippen molar-refractivity contribution < 1.29 is 27.1 Å². The smallest absolute Gasteiger partial charge is 0.421 e. The molecule has 2 N–H and O–H groups in total. The average molecular weight is 496 g/mol. The minimum absolute atomic E-state index is 0.0310. The lowest BCUT2D eigenvalue weighted by molar-refractivity contribution is -0.137. The van der Waals surface area contributed by atoms with Crippen LogP contribution in [0.15, 0.2) is 23.0 Å². The van der Waals surface area contributed by atoms with Crippen molar-refractivity contribution in [2.24, 2.45) is 0 Å². The molecule has 4 rings (SSSR count). The number of amides is 1. The van der Waals surface area contributed by atoms with Crippen LogP contribution in [0.25, 0.3) is 0 Å². The number of rotatable bonds is 8. The third kappa shape index (κ3) is 6.21. The summed E-state index contributed by atoms with van der Waals surface area (Å²) in [4.78, 5) is 27.7. The Morgan fingerprint density at radius 3 is 2.69 bits per heavy atom. The predicted molar refractivity (Wildman–Crippen MR) is 121 cm³/mol. The number of cyclic esters (lactones) is 1. The zero-order valence-electron chi connectivity index (χ0n) is 19.6. The standard InChI is InChI=1S/C22H28F3N7O3/c1-14-17(28-19(35-14)15-5-10-31(2)11-6-15)29-20-27-13-16(22(23,24)25)18(30-20)26-7-3-8-32-9-4-12-34-21(32)33/h4,12-13,15H,3,5-11H2,1-2H3,(H2,26,27,29,30). The van der Waals surface area contributed by atoms with Gasteiger partial charge in [-0.2, -0.15) is 23.1 Å². The Labute approximate surface area is 200 Å². The second kappa shape index (κ2) is 10.5. The average Bonchev–Trinajstić information content (AvgIpc) is 3.17. The lowest BCUT2D eigenvalue weighted by Gasteiger charge is -2.26. The molecule has 0 atom stereocenters. The number of anilines is 3. The van der Waals surface area contributed by atoms with Crippen LogP contribution in [0.4, 0.5) is 35.5 Å². The second-order valence-corrected chi connectivity index (χ2v) is 8.59. The molecule has 190 valence electrons. The number of oxazole rings is 1. The number of hydrogen-bond acceptors (Lipinski definition) is 9. The first-order chi connectivity index (χ1) is 16.7. The van der Waals surface area contributed by atoms with Crippen LogP contribution in [0, 0.1) is 6.92 Å². The van der Waals surface area contributed by atoms with Crippen LogP contribution in [0.1, 0.15) is 42.4 Å². The molecular formula is C22H28F3N7O3. The first-order valence-electron chi connectivity index (χ1n) is 11.4. The molecule has 0 radical (unpaired) electrons. The monoisotopic (exact) mass is 495 g/mol. The molecule has 0 saturated carbocycles. The van der Waals surface area contributed by atoms with Crippen LogP contribution in [0.5, 0.6) is 0 Å². The molecule has 13 heteroatoms. The van der Waals surface area contributed by atoms with Gasteiger partial charge in [-0.1, -0.05) is 0 Å². The number of carbonyl (C=O) groups excluding carboxylic acids is 1. The minimum atomic E-state index is -4.63. The molecule has 2 aromatic heterocycles. The number of aryl methyl sites for hydroxylation is 1. The number of piperidine rings is 1. The molecule has 0 unspecified atom stereocenters. The van der Waals surface area contributed by atoms with Crippen LogP contribution in [-0.2, 0) is 10.9 Å². The van der Waals surface area contributed by atoms with Gasteiger partial charge in [0.15, 0.2) is 11.7 Å². The molecule has 2 aliphatic rings. The number of hydrogen-bond donors (Lipinski definition) is 2. The van der Waals surface area contributed by atoms with Crippen molar-refractivity contribution in [3.63, 3.8) is 0 Å². The van der Waals surface area contributed by atoms with Crippen molar-refractivity contribution in [3.05, 3.63) is 35.7 Å². The van der Waals surface area contributed by atoms with Gasteiger partial charge in [0.25, 0.3) is 0 Å². The van der Waals surface area contributed by atoms with Crippen molar-refractivity contribution in [1.29, 1.82) is 0 Å². The maximum atomic E-state index is 13.5. The van der Waals surface area contributed by atoms with Gasteiger partial charge in [-0.15, -0.1) is 0 Å². The maximum Gasteiger partial charge on any atom is 0.421 e. The van der Waals surface area contributed by atoms with Gasteiger partial charge in [-0.25, -0.2) is 9.78 Å². The zero-order valence-corrected chi connectivity index (χ0v) is 19.6. The van der Waals surface area contributed by atoms with Crippen LogP contribution >= 0.6 is 0 Å². The summed E-state index contributed by atoms with van der Waals surface area (Å²) in [5.74, 6) is 1.30. The van der Waals surface area contributed by atoms with Gasteiger partial charge in [0.05, 0.1) is 6.26 Å². The molecule has 2 aromatic rings. The molecule has 10 nitrogen and oxygen atoms in total. The predicted octanol–water partition coefficient (Wildman–Crippen LogP) is 4.11. The highest BCUT2D eigenvalue weighted by Crippen LogP contribution is 2.35. The topological polar surface area (TPSA) is 109 Å². The molecule has 0 bridgehead atoms. The Morgan fingerprint density at radius 1 is 1.20 bits per heavy atom. The fourth-order valence-electron chi connectivity index (χ4n) is 3.94. The number of halogens is 3. The Hall–Kier alpha value is -3.35. The molecule has 0 aliphatic carbocycles. The summed E-state index contributed by atoms with van der Waals surface area (Å²) in [5.41, 5.74) is -0.979. The van der Waals surface area contributed by atoms with E-state index in [1.165, 1.54) is 11.2 Å². The Morgan fingerprint density at radius 2 is 1.97 bits per heavy atom. The number of nitrogens with one attached hydrogen (secondary N) is 2. The van der Waals surface area contributed by atoms with E-state index in [2.05, 4.69) is 37.5 Å². The van der Waals surface area contributed by atoms with Crippen LogP contribution in [-0.4, -0.2) is 70.6 Å². The van der Waals surface area contributed by atoms with E-state index in [4.69, 9.17) is 9.15 Å². The van der Waals surface area contributed by atoms with Gasteiger partial charge in [-0.3, -0.25) is 0 Å². The highest BCUT2D eigenvalue weighted by atomic mass is 19.4. The Kier molecular flexibility index (Phi) is 7.43. The van der Waals surface area contributed by atoms with Crippen molar-refractivity contribution in [2.75, 3.05) is 50.4 Å². The van der Waals surface area contributed by atoms with Crippen LogP contribution in [0.3, 0.4) is 0 Å². The highest BCUT2D eigenvalue weighted by Gasteiger charge is 2.35. The normalized spacial score (nSPS) is 17.5. The number of nitrogens with zero attached hydrogens (tertiary/aromatic N) is 5. The van der Waals surface area contributed by atoms with E-state index in [0.717, 1.165) is 32.1 Å². The fourth-order valence-corrected chi connectivity index (χ4v) is 3.94. The van der Waals surface area contributed by atoms with Gasteiger partial charge in [-0.05, 0) is 52.4 Å². The number of alkyl halides is 3. The summed E-state index contributed by atoms with van der Waals surface area (Å²) in [6.45, 7) is 4.51. The van der Waals surface area contributed by atoms with E-state index in [0.29, 0.717) is 37.0 Å². The molecular weight excluding hydrogens is 467 g/mol. The second-order valence-electron chi connectivity index (χ2n) is 8.59. The minimum Gasteiger partial charge on any atom is -0.443 e. The molecule has 1 saturated heterocycles. The zero-order chi connectivity index (χ0) is 25.0. The molecule has 0 aromatic carbocycles. The van der Waals surface area contributed by atoms with E-state index < -0.39 is 17.8 Å². The van der Waals surface area contributed by atoms with Crippen molar-refractivity contribution in [1.82, 2.24) is 24.8 Å². The van der Waals surface area contributed by atoms with Gasteiger partial charge in [0.2, 0.25) is 5.95 Å². The number of carbonyl (C=O) groups is 1. The summed E-state index contributed by atoms with van der Waals surface area (Å²) in [6, 6.07) is 0. The van der Waals surface area contributed by atoms with Crippen LogP contribution < -0.4 is 10.6 Å². The third-order valence-electron chi connectivity index (χ3n) is 5.95. The molecule has 4 heterocycles. The van der Waals surface area contributed by atoms with Crippen molar-refractivity contribution in [2.45, 2.75) is 38.3 Å². The third-order valence-corrected chi connectivity index (χ3v) is 5.95. The number of ether oxygens (including phenoxy) is 1. The summed E-state index contributed by atoms with van der Waals surface area (Å²) in [5, 5.41) is 5.61. The molecule has 2 aliphatic heterocycles. The highest BCUT2D eigenvalue weighted by molar-refractivity contribution is 5.69. The summed E-state index contributed by atoms with van der Waals surface area (Å²) >= 11 is 0. The largest absolute Gasteiger partial charge is 0.443 e. The number of aromatic nitrogens is 3. The maximum absolute atomic E-state index is 13.5. The molecule has 1 fully saturated rings. The van der Waals surface area contributed by atoms with Gasteiger partial charge in [0, 0.05) is 31.7 Å². The first-order valence-corrected chi connectivity index (χ1v) is 11.4. The lowest BCUT2D eigenvalue weighted by Crippen LogP contribution is -2.34. The molecule has 35 heavy (non-hydrogen) atoms.